The number of benzene rings is 1. The molecule has 0 fully saturated rings. The van der Waals surface area contributed by atoms with Crippen LogP contribution in [0.3, 0.4) is 0 Å². The maximum absolute atomic E-state index is 12.7. The molecule has 0 bridgehead atoms. The first-order valence-corrected chi connectivity index (χ1v) is 6.66. The number of nitrogens with one attached hydrogen (secondary N) is 2. The number of hydrogen-bond acceptors (Lipinski definition) is 4. The van der Waals surface area contributed by atoms with Gasteiger partial charge in [0.15, 0.2) is 0 Å². The van der Waals surface area contributed by atoms with Crippen molar-refractivity contribution >= 4 is 17.7 Å². The molecule has 2 N–H and O–H groups in total. The van der Waals surface area contributed by atoms with Gasteiger partial charge in [0.2, 0.25) is 5.91 Å². The Morgan fingerprint density at radius 2 is 2.21 bits per heavy atom. The molecule has 1 aromatic heterocycles. The molecule has 1 unspecified atom stereocenters. The molecule has 0 aliphatic rings. The highest BCUT2D eigenvalue weighted by molar-refractivity contribution is 8.00. The van der Waals surface area contributed by atoms with Crippen LogP contribution in [0.1, 0.15) is 18.8 Å². The molecule has 0 spiro atoms. The summed E-state index contributed by atoms with van der Waals surface area (Å²) < 4.78 is 12.7. The predicted octanol–water partition coefficient (Wildman–Crippen LogP) is 1.91. The Kier molecular flexibility index (Phi) is 4.51. The second kappa shape index (κ2) is 6.33. The largest absolute Gasteiger partial charge is 0.346 e. The number of carbonyl (C=O) groups excluding carboxylic acids is 1. The van der Waals surface area contributed by atoms with Crippen molar-refractivity contribution in [1.29, 1.82) is 0 Å². The maximum atomic E-state index is 12.7. The second-order valence-corrected chi connectivity index (χ2v) is 4.95. The summed E-state index contributed by atoms with van der Waals surface area (Å²) in [6.45, 7) is 1.82. The lowest BCUT2D eigenvalue weighted by molar-refractivity contribution is -0.119. The van der Waals surface area contributed by atoms with Gasteiger partial charge in [-0.3, -0.25) is 9.89 Å². The molecular weight excluding hydrogens is 267 g/mol. The molecule has 1 atom stereocenters. The number of amides is 1. The Labute approximate surface area is 114 Å². The average molecular weight is 280 g/mol. The highest BCUT2D eigenvalue weighted by atomic mass is 32.2. The van der Waals surface area contributed by atoms with Crippen molar-refractivity contribution in [2.24, 2.45) is 0 Å². The molecule has 1 aromatic carbocycles. The van der Waals surface area contributed by atoms with E-state index in [1.54, 1.807) is 12.1 Å². The number of thioether (sulfide) groups is 1. The number of H-pyrrole nitrogens is 1. The van der Waals surface area contributed by atoms with Crippen LogP contribution in [-0.4, -0.2) is 26.8 Å². The SMILES string of the molecule is CC(NC(=O)CSc1ccc(F)cc1)c1ncn[nH]1. The van der Waals surface area contributed by atoms with Crippen molar-refractivity contribution in [1.82, 2.24) is 20.5 Å². The number of carbonyl (C=O) groups is 1. The molecule has 0 saturated heterocycles. The number of halogens is 1. The predicted molar refractivity (Wildman–Crippen MR) is 70.1 cm³/mol. The Bertz CT molecular complexity index is 529. The third kappa shape index (κ3) is 4.06. The van der Waals surface area contributed by atoms with Crippen molar-refractivity contribution < 1.29 is 9.18 Å². The van der Waals surface area contributed by atoms with Crippen LogP contribution < -0.4 is 5.32 Å². The van der Waals surface area contributed by atoms with Crippen LogP contribution in [0.2, 0.25) is 0 Å². The van der Waals surface area contributed by atoms with E-state index in [1.807, 2.05) is 6.92 Å². The third-order valence-corrected chi connectivity index (χ3v) is 3.42. The maximum Gasteiger partial charge on any atom is 0.230 e. The Balaban J connectivity index is 1.80. The summed E-state index contributed by atoms with van der Waals surface area (Å²) >= 11 is 1.35. The second-order valence-electron chi connectivity index (χ2n) is 3.90. The van der Waals surface area contributed by atoms with Gasteiger partial charge in [0, 0.05) is 4.90 Å². The van der Waals surface area contributed by atoms with Gasteiger partial charge in [0.1, 0.15) is 18.0 Å². The fraction of sp³-hybridized carbons (Fsp3) is 0.250. The summed E-state index contributed by atoms with van der Waals surface area (Å²) in [5, 5.41) is 9.22. The van der Waals surface area contributed by atoms with Gasteiger partial charge in [0.25, 0.3) is 0 Å². The van der Waals surface area contributed by atoms with E-state index in [0.717, 1.165) is 4.90 Å². The molecule has 19 heavy (non-hydrogen) atoms. The summed E-state index contributed by atoms with van der Waals surface area (Å²) in [6, 6.07) is 5.82. The van der Waals surface area contributed by atoms with Gasteiger partial charge < -0.3 is 5.32 Å². The molecule has 5 nitrogen and oxygen atoms in total. The lowest BCUT2D eigenvalue weighted by Gasteiger charge is -2.10. The lowest BCUT2D eigenvalue weighted by Crippen LogP contribution is -2.28. The fourth-order valence-corrected chi connectivity index (χ4v) is 2.16. The Morgan fingerprint density at radius 1 is 1.47 bits per heavy atom. The van der Waals surface area contributed by atoms with Crippen molar-refractivity contribution in [2.45, 2.75) is 17.9 Å². The van der Waals surface area contributed by atoms with Gasteiger partial charge >= 0.3 is 0 Å². The zero-order chi connectivity index (χ0) is 13.7. The first-order valence-electron chi connectivity index (χ1n) is 5.68. The summed E-state index contributed by atoms with van der Waals surface area (Å²) in [7, 11) is 0. The van der Waals surface area contributed by atoms with Crippen molar-refractivity contribution in [3.05, 3.63) is 42.2 Å². The molecule has 1 amide bonds. The highest BCUT2D eigenvalue weighted by Crippen LogP contribution is 2.18. The van der Waals surface area contributed by atoms with E-state index in [-0.39, 0.29) is 23.5 Å². The van der Waals surface area contributed by atoms with E-state index >= 15 is 0 Å². The van der Waals surface area contributed by atoms with E-state index in [4.69, 9.17) is 0 Å². The van der Waals surface area contributed by atoms with Gasteiger partial charge in [-0.05, 0) is 31.2 Å². The van der Waals surface area contributed by atoms with Crippen LogP contribution in [0.5, 0.6) is 0 Å². The Hall–Kier alpha value is -1.89. The first-order chi connectivity index (χ1) is 9.15. The molecule has 2 aromatic rings. The van der Waals surface area contributed by atoms with E-state index in [0.29, 0.717) is 5.82 Å². The molecule has 0 aliphatic carbocycles. The number of hydrogen-bond donors (Lipinski definition) is 2. The van der Waals surface area contributed by atoms with Crippen molar-refractivity contribution in [3.63, 3.8) is 0 Å². The van der Waals surface area contributed by atoms with Crippen LogP contribution in [-0.2, 0) is 4.79 Å². The van der Waals surface area contributed by atoms with Gasteiger partial charge in [-0.25, -0.2) is 9.37 Å². The molecular formula is C12H13FN4OS. The topological polar surface area (TPSA) is 70.7 Å². The van der Waals surface area contributed by atoms with Crippen LogP contribution in [0.25, 0.3) is 0 Å². The van der Waals surface area contributed by atoms with E-state index in [1.165, 1.54) is 30.2 Å². The van der Waals surface area contributed by atoms with E-state index in [9.17, 15) is 9.18 Å². The summed E-state index contributed by atoms with van der Waals surface area (Å²) in [5.74, 6) is 0.482. The van der Waals surface area contributed by atoms with Crippen molar-refractivity contribution in [2.75, 3.05) is 5.75 Å². The quantitative estimate of drug-likeness (QED) is 0.821. The number of rotatable bonds is 5. The molecule has 7 heteroatoms. The van der Waals surface area contributed by atoms with Crippen LogP contribution in [0.15, 0.2) is 35.5 Å². The minimum absolute atomic E-state index is 0.113. The third-order valence-electron chi connectivity index (χ3n) is 2.40. The smallest absolute Gasteiger partial charge is 0.230 e. The van der Waals surface area contributed by atoms with Gasteiger partial charge in [-0.15, -0.1) is 11.8 Å². The molecule has 0 saturated carbocycles. The normalized spacial score (nSPS) is 12.1. The molecule has 2 rings (SSSR count). The molecule has 0 radical (unpaired) electrons. The summed E-state index contributed by atoms with van der Waals surface area (Å²) in [5.41, 5.74) is 0. The van der Waals surface area contributed by atoms with Crippen molar-refractivity contribution in [3.8, 4) is 0 Å². The van der Waals surface area contributed by atoms with Gasteiger partial charge in [-0.2, -0.15) is 5.10 Å². The van der Waals surface area contributed by atoms with Gasteiger partial charge in [0.05, 0.1) is 11.8 Å². The Morgan fingerprint density at radius 3 is 2.84 bits per heavy atom. The highest BCUT2D eigenvalue weighted by Gasteiger charge is 2.11. The number of nitrogens with zero attached hydrogens (tertiary/aromatic N) is 2. The lowest BCUT2D eigenvalue weighted by atomic mass is 10.3. The minimum atomic E-state index is -0.284. The van der Waals surface area contributed by atoms with Crippen LogP contribution in [0.4, 0.5) is 4.39 Å². The monoisotopic (exact) mass is 280 g/mol. The standard InChI is InChI=1S/C12H13FN4OS/c1-8(12-14-7-15-17-12)16-11(18)6-19-10-4-2-9(13)3-5-10/h2-5,7-8H,6H2,1H3,(H,16,18)(H,14,15,17). The molecule has 100 valence electrons. The van der Waals surface area contributed by atoms with Crippen LogP contribution in [0, 0.1) is 5.82 Å². The number of aromatic amines is 1. The first kappa shape index (κ1) is 13.5. The summed E-state index contributed by atoms with van der Waals surface area (Å²) in [6.07, 6.45) is 1.39. The average Bonchev–Trinajstić information content (AvgIpc) is 2.92. The van der Waals surface area contributed by atoms with E-state index in [2.05, 4.69) is 20.5 Å². The molecule has 1 heterocycles. The summed E-state index contributed by atoms with van der Waals surface area (Å²) in [4.78, 5) is 16.5. The molecule has 0 aliphatic heterocycles. The van der Waals surface area contributed by atoms with Crippen LogP contribution >= 0.6 is 11.8 Å². The number of aromatic nitrogens is 3. The zero-order valence-corrected chi connectivity index (χ0v) is 11.1. The van der Waals surface area contributed by atoms with Gasteiger partial charge in [-0.1, -0.05) is 0 Å². The zero-order valence-electron chi connectivity index (χ0n) is 10.3. The van der Waals surface area contributed by atoms with E-state index < -0.39 is 0 Å². The fourth-order valence-electron chi connectivity index (χ4n) is 1.45. The minimum Gasteiger partial charge on any atom is -0.346 e.